The minimum Gasteiger partial charge on any atom is -0.363 e. The van der Waals surface area contributed by atoms with Gasteiger partial charge in [0.2, 0.25) is 0 Å². The molecule has 1 aromatic heterocycles. The molecule has 0 aromatic carbocycles. The largest absolute Gasteiger partial charge is 0.416 e. The first kappa shape index (κ1) is 10.8. The minimum absolute atomic E-state index is 0.317. The van der Waals surface area contributed by atoms with Crippen LogP contribution in [0.15, 0.2) is 12.1 Å². The molecule has 0 atom stereocenters. The van der Waals surface area contributed by atoms with Crippen LogP contribution in [0.4, 0.5) is 19.0 Å². The molecule has 14 heavy (non-hydrogen) atoms. The molecule has 0 amide bonds. The number of rotatable bonds is 1. The SMILES string of the molecule is Cc1cc(C(F)(F)F)cc(N(C)C)n1. The summed E-state index contributed by atoms with van der Waals surface area (Å²) in [5.74, 6) is 0.317. The highest BCUT2D eigenvalue weighted by molar-refractivity contribution is 5.41. The van der Waals surface area contributed by atoms with Gasteiger partial charge in [0.25, 0.3) is 0 Å². The molecule has 0 fully saturated rings. The van der Waals surface area contributed by atoms with Gasteiger partial charge in [-0.25, -0.2) is 4.98 Å². The standard InChI is InChI=1S/C9H11F3N2/c1-6-4-7(9(10,11)12)5-8(13-6)14(2)3/h4-5H,1-3H3. The number of pyridine rings is 1. The number of alkyl halides is 3. The molecule has 0 aliphatic heterocycles. The Balaban J connectivity index is 3.21. The summed E-state index contributed by atoms with van der Waals surface area (Å²) in [5, 5.41) is 0. The molecule has 0 N–H and O–H groups in total. The second kappa shape index (κ2) is 3.48. The van der Waals surface area contributed by atoms with Gasteiger partial charge in [0.15, 0.2) is 0 Å². The molecule has 0 saturated heterocycles. The van der Waals surface area contributed by atoms with E-state index in [4.69, 9.17) is 0 Å². The zero-order valence-electron chi connectivity index (χ0n) is 8.18. The van der Waals surface area contributed by atoms with Crippen molar-refractivity contribution in [3.05, 3.63) is 23.4 Å². The van der Waals surface area contributed by atoms with Crippen LogP contribution in [0.5, 0.6) is 0 Å². The predicted octanol–water partition coefficient (Wildman–Crippen LogP) is 2.47. The molecule has 0 radical (unpaired) electrons. The second-order valence-corrected chi connectivity index (χ2v) is 3.25. The lowest BCUT2D eigenvalue weighted by molar-refractivity contribution is -0.137. The summed E-state index contributed by atoms with van der Waals surface area (Å²) < 4.78 is 37.1. The first-order chi connectivity index (χ1) is 6.30. The molecule has 0 bridgehead atoms. The lowest BCUT2D eigenvalue weighted by Crippen LogP contribution is -2.14. The normalized spacial score (nSPS) is 11.6. The zero-order valence-corrected chi connectivity index (χ0v) is 8.18. The van der Waals surface area contributed by atoms with E-state index >= 15 is 0 Å². The minimum atomic E-state index is -4.31. The van der Waals surface area contributed by atoms with Crippen LogP contribution in [0.1, 0.15) is 11.3 Å². The van der Waals surface area contributed by atoms with Crippen molar-refractivity contribution in [2.45, 2.75) is 13.1 Å². The van der Waals surface area contributed by atoms with Gasteiger partial charge in [-0.2, -0.15) is 13.2 Å². The average Bonchev–Trinajstić information content (AvgIpc) is 2.01. The molecule has 78 valence electrons. The van der Waals surface area contributed by atoms with Crippen LogP contribution in [-0.2, 0) is 6.18 Å². The van der Waals surface area contributed by atoms with Crippen LogP contribution in [-0.4, -0.2) is 19.1 Å². The number of hydrogen-bond donors (Lipinski definition) is 0. The molecule has 0 aliphatic carbocycles. The third-order valence-electron chi connectivity index (χ3n) is 1.73. The fourth-order valence-electron chi connectivity index (χ4n) is 1.04. The Bertz CT molecular complexity index is 331. The summed E-state index contributed by atoms with van der Waals surface area (Å²) in [6.07, 6.45) is -4.31. The molecular weight excluding hydrogens is 193 g/mol. The molecule has 5 heteroatoms. The van der Waals surface area contributed by atoms with Gasteiger partial charge in [-0.3, -0.25) is 0 Å². The van der Waals surface area contributed by atoms with Crippen molar-refractivity contribution in [3.63, 3.8) is 0 Å². The van der Waals surface area contributed by atoms with E-state index in [2.05, 4.69) is 4.98 Å². The summed E-state index contributed by atoms with van der Waals surface area (Å²) in [6, 6.07) is 2.07. The maximum absolute atomic E-state index is 12.4. The van der Waals surface area contributed by atoms with Crippen molar-refractivity contribution in [2.24, 2.45) is 0 Å². The van der Waals surface area contributed by atoms with Gasteiger partial charge in [-0.15, -0.1) is 0 Å². The fraction of sp³-hybridized carbons (Fsp3) is 0.444. The van der Waals surface area contributed by atoms with E-state index in [0.717, 1.165) is 12.1 Å². The molecule has 0 spiro atoms. The van der Waals surface area contributed by atoms with Gasteiger partial charge < -0.3 is 4.90 Å². The third kappa shape index (κ3) is 2.37. The molecule has 2 nitrogen and oxygen atoms in total. The van der Waals surface area contributed by atoms with Gasteiger partial charge in [0.05, 0.1) is 5.56 Å². The Morgan fingerprint density at radius 3 is 2.21 bits per heavy atom. The topological polar surface area (TPSA) is 16.1 Å². The molecule has 0 saturated carbocycles. The lowest BCUT2D eigenvalue weighted by Gasteiger charge is -2.14. The van der Waals surface area contributed by atoms with E-state index in [9.17, 15) is 13.2 Å². The van der Waals surface area contributed by atoms with Crippen molar-refractivity contribution in [2.75, 3.05) is 19.0 Å². The molecule has 1 aromatic rings. The highest BCUT2D eigenvalue weighted by atomic mass is 19.4. The van der Waals surface area contributed by atoms with Crippen LogP contribution < -0.4 is 4.90 Å². The summed E-state index contributed by atoms with van der Waals surface area (Å²) in [5.41, 5.74) is -0.294. The van der Waals surface area contributed by atoms with Gasteiger partial charge >= 0.3 is 6.18 Å². The summed E-state index contributed by atoms with van der Waals surface area (Å²) in [7, 11) is 3.31. The van der Waals surface area contributed by atoms with Crippen molar-refractivity contribution >= 4 is 5.82 Å². The Morgan fingerprint density at radius 2 is 1.79 bits per heavy atom. The van der Waals surface area contributed by atoms with E-state index < -0.39 is 11.7 Å². The van der Waals surface area contributed by atoms with Crippen LogP contribution in [0.2, 0.25) is 0 Å². The van der Waals surface area contributed by atoms with E-state index in [0.29, 0.717) is 11.5 Å². The number of halogens is 3. The Labute approximate surface area is 80.4 Å². The second-order valence-electron chi connectivity index (χ2n) is 3.25. The van der Waals surface area contributed by atoms with E-state index in [1.54, 1.807) is 25.9 Å². The maximum Gasteiger partial charge on any atom is 0.416 e. The van der Waals surface area contributed by atoms with Crippen LogP contribution in [0, 0.1) is 6.92 Å². The first-order valence-corrected chi connectivity index (χ1v) is 4.04. The molecule has 1 heterocycles. The first-order valence-electron chi connectivity index (χ1n) is 4.04. The number of hydrogen-bond acceptors (Lipinski definition) is 2. The van der Waals surface area contributed by atoms with E-state index in [1.807, 2.05) is 0 Å². The highest BCUT2D eigenvalue weighted by Gasteiger charge is 2.31. The Hall–Kier alpha value is -1.26. The monoisotopic (exact) mass is 204 g/mol. The maximum atomic E-state index is 12.4. The van der Waals surface area contributed by atoms with Gasteiger partial charge in [-0.1, -0.05) is 0 Å². The molecule has 0 aliphatic rings. The molecule has 0 unspecified atom stereocenters. The zero-order chi connectivity index (χ0) is 10.9. The smallest absolute Gasteiger partial charge is 0.363 e. The van der Waals surface area contributed by atoms with Crippen molar-refractivity contribution in [3.8, 4) is 0 Å². The molecule has 1 rings (SSSR count). The van der Waals surface area contributed by atoms with Crippen LogP contribution in [0.25, 0.3) is 0 Å². The van der Waals surface area contributed by atoms with Gasteiger partial charge in [0.1, 0.15) is 5.82 Å². The van der Waals surface area contributed by atoms with Crippen molar-refractivity contribution < 1.29 is 13.2 Å². The van der Waals surface area contributed by atoms with E-state index in [1.165, 1.54) is 0 Å². The summed E-state index contributed by atoms with van der Waals surface area (Å²) in [6.45, 7) is 1.54. The Morgan fingerprint density at radius 1 is 1.21 bits per heavy atom. The fourth-order valence-corrected chi connectivity index (χ4v) is 1.04. The number of nitrogens with zero attached hydrogens (tertiary/aromatic N) is 2. The van der Waals surface area contributed by atoms with Gasteiger partial charge in [-0.05, 0) is 19.1 Å². The van der Waals surface area contributed by atoms with Crippen molar-refractivity contribution in [1.29, 1.82) is 0 Å². The van der Waals surface area contributed by atoms with Crippen LogP contribution in [0.3, 0.4) is 0 Å². The number of aryl methyl sites for hydroxylation is 1. The van der Waals surface area contributed by atoms with Crippen LogP contribution >= 0.6 is 0 Å². The summed E-state index contributed by atoms with van der Waals surface area (Å²) >= 11 is 0. The van der Waals surface area contributed by atoms with E-state index in [-0.39, 0.29) is 0 Å². The average molecular weight is 204 g/mol. The van der Waals surface area contributed by atoms with Gasteiger partial charge in [0, 0.05) is 19.8 Å². The predicted molar refractivity (Wildman–Crippen MR) is 48.3 cm³/mol. The summed E-state index contributed by atoms with van der Waals surface area (Å²) in [4.78, 5) is 5.52. The lowest BCUT2D eigenvalue weighted by atomic mass is 10.2. The quantitative estimate of drug-likeness (QED) is 0.698. The highest BCUT2D eigenvalue weighted by Crippen LogP contribution is 2.31. The number of anilines is 1. The number of aromatic nitrogens is 1. The Kier molecular flexibility index (Phi) is 2.69. The van der Waals surface area contributed by atoms with Crippen molar-refractivity contribution in [1.82, 2.24) is 4.98 Å². The third-order valence-corrected chi connectivity index (χ3v) is 1.73. The molecular formula is C9H11F3N2.